The first kappa shape index (κ1) is 14.0. The number of ether oxygens (including phenoxy) is 2. The number of nitrogens with zero attached hydrogens (tertiary/aromatic N) is 1. The van der Waals surface area contributed by atoms with Crippen LogP contribution in [0.5, 0.6) is 11.5 Å². The van der Waals surface area contributed by atoms with Gasteiger partial charge in [-0.05, 0) is 0 Å². The van der Waals surface area contributed by atoms with E-state index in [1.54, 1.807) is 7.11 Å². The Bertz CT molecular complexity index is 666. The van der Waals surface area contributed by atoms with Crippen molar-refractivity contribution < 1.29 is 9.47 Å². The second-order valence-electron chi connectivity index (χ2n) is 4.87. The second-order valence-corrected chi connectivity index (χ2v) is 7.02. The van der Waals surface area contributed by atoms with Crippen LogP contribution in [0.2, 0.25) is 4.82 Å². The van der Waals surface area contributed by atoms with Crippen molar-refractivity contribution in [3.63, 3.8) is 0 Å². The van der Waals surface area contributed by atoms with E-state index in [0.717, 1.165) is 29.0 Å². The average molecular weight is 344 g/mol. The van der Waals surface area contributed by atoms with E-state index in [4.69, 9.17) is 14.7 Å². The van der Waals surface area contributed by atoms with Crippen LogP contribution in [0.3, 0.4) is 0 Å². The predicted octanol–water partition coefficient (Wildman–Crippen LogP) is 3.35. The predicted molar refractivity (Wildman–Crippen MR) is 81.6 cm³/mol. The van der Waals surface area contributed by atoms with E-state index in [1.165, 1.54) is 0 Å². The second kappa shape index (κ2) is 6.22. The molecule has 0 fully saturated rings. The molecule has 2 aromatic carbocycles. The van der Waals surface area contributed by atoms with Crippen LogP contribution >= 0.6 is 0 Å². The monoisotopic (exact) mass is 345 g/mol. The molecule has 0 unspecified atom stereocenters. The summed E-state index contributed by atoms with van der Waals surface area (Å²) in [6.45, 7) is 0. The molecule has 2 aromatic rings. The van der Waals surface area contributed by atoms with Crippen molar-refractivity contribution in [1.29, 1.82) is 5.26 Å². The van der Waals surface area contributed by atoms with Gasteiger partial charge in [-0.25, -0.2) is 0 Å². The molecule has 0 saturated carbocycles. The van der Waals surface area contributed by atoms with Crippen LogP contribution in [0.4, 0.5) is 0 Å². The van der Waals surface area contributed by atoms with Crippen molar-refractivity contribution >= 4 is 15.0 Å². The molecule has 1 heterocycles. The average Bonchev–Trinajstić information content (AvgIpc) is 2.55. The maximum atomic E-state index is 9.13. The first-order chi connectivity index (χ1) is 10.3. The van der Waals surface area contributed by atoms with Gasteiger partial charge in [-0.15, -0.1) is 0 Å². The number of hydrogen-bond acceptors (Lipinski definition) is 3. The van der Waals surface area contributed by atoms with Crippen LogP contribution in [-0.2, 0) is 6.42 Å². The fraction of sp³-hybridized carbons (Fsp3) is 0.235. The Morgan fingerprint density at radius 1 is 1.24 bits per heavy atom. The number of hydrogen-bond donors (Lipinski definition) is 0. The molecular formula is C17H15NO2Se. The van der Waals surface area contributed by atoms with Gasteiger partial charge in [0.2, 0.25) is 0 Å². The zero-order valence-corrected chi connectivity index (χ0v) is 13.4. The number of benzene rings is 2. The molecular weight excluding hydrogens is 329 g/mol. The first-order valence-corrected chi connectivity index (χ1v) is 8.59. The molecule has 0 amide bonds. The number of rotatable bonds is 3. The summed E-state index contributed by atoms with van der Waals surface area (Å²) < 4.78 is 11.5. The number of fused-ring (bicyclic) bond motifs is 1. The summed E-state index contributed by atoms with van der Waals surface area (Å²) >= 11 is -0.110. The summed E-state index contributed by atoms with van der Waals surface area (Å²) in [6.07, 6.45) is 0.825. The van der Waals surface area contributed by atoms with E-state index in [9.17, 15) is 0 Å². The van der Waals surface area contributed by atoms with Gasteiger partial charge in [-0.2, -0.15) is 0 Å². The topological polar surface area (TPSA) is 42.2 Å². The van der Waals surface area contributed by atoms with Crippen LogP contribution in [0.25, 0.3) is 0 Å². The number of methoxy groups -OCH3 is 1. The molecule has 1 aliphatic rings. The third kappa shape index (κ3) is 2.90. The Hall–Kier alpha value is -1.95. The Morgan fingerprint density at radius 3 is 2.76 bits per heavy atom. The van der Waals surface area contributed by atoms with Crippen molar-refractivity contribution in [2.24, 2.45) is 0 Å². The third-order valence-corrected chi connectivity index (χ3v) is 5.34. The zero-order chi connectivity index (χ0) is 14.7. The summed E-state index contributed by atoms with van der Waals surface area (Å²) in [6, 6.07) is 16.0. The summed E-state index contributed by atoms with van der Waals surface area (Å²) in [5, 5.41) is 9.13. The van der Waals surface area contributed by atoms with Crippen molar-refractivity contribution in [3.05, 3.63) is 59.7 Å². The minimum absolute atomic E-state index is 0.0354. The van der Waals surface area contributed by atoms with E-state index in [0.29, 0.717) is 0 Å². The van der Waals surface area contributed by atoms with Gasteiger partial charge in [0, 0.05) is 0 Å². The van der Waals surface area contributed by atoms with Crippen molar-refractivity contribution in [1.82, 2.24) is 0 Å². The minimum atomic E-state index is -0.110. The summed E-state index contributed by atoms with van der Waals surface area (Å²) in [5.74, 6) is 1.73. The standard InChI is InChI=1S/C17H15NO2Se/c1-19-14-7-8-15-13(9-14)10-16(21-11-18)17(20-15)12-5-3-2-4-6-12/h2-9,16-17H,10H2,1H3/t16-,17+/m1/s1. The van der Waals surface area contributed by atoms with Crippen molar-refractivity contribution in [2.75, 3.05) is 7.11 Å². The molecule has 4 heteroatoms. The van der Waals surface area contributed by atoms with Crippen molar-refractivity contribution in [2.45, 2.75) is 17.3 Å². The van der Waals surface area contributed by atoms with Gasteiger partial charge in [0.25, 0.3) is 0 Å². The Morgan fingerprint density at radius 2 is 2.05 bits per heavy atom. The normalized spacial score (nSPS) is 20.0. The van der Waals surface area contributed by atoms with E-state index in [-0.39, 0.29) is 25.9 Å². The summed E-state index contributed by atoms with van der Waals surface area (Å²) in [7, 11) is 1.66. The number of nitriles is 1. The third-order valence-electron chi connectivity index (χ3n) is 3.61. The molecule has 0 radical (unpaired) electrons. The molecule has 3 nitrogen and oxygen atoms in total. The molecule has 0 spiro atoms. The van der Waals surface area contributed by atoms with E-state index >= 15 is 0 Å². The summed E-state index contributed by atoms with van der Waals surface area (Å²) in [4.78, 5) is 2.57. The summed E-state index contributed by atoms with van der Waals surface area (Å²) in [5.41, 5.74) is 2.27. The van der Waals surface area contributed by atoms with Gasteiger partial charge in [0.1, 0.15) is 0 Å². The van der Waals surface area contributed by atoms with Gasteiger partial charge in [-0.3, -0.25) is 0 Å². The molecule has 0 bridgehead atoms. The van der Waals surface area contributed by atoms with Crippen LogP contribution < -0.4 is 9.47 Å². The van der Waals surface area contributed by atoms with Crippen LogP contribution in [-0.4, -0.2) is 22.1 Å². The van der Waals surface area contributed by atoms with Gasteiger partial charge < -0.3 is 0 Å². The van der Waals surface area contributed by atoms with Gasteiger partial charge in [0.05, 0.1) is 0 Å². The van der Waals surface area contributed by atoms with Gasteiger partial charge >= 0.3 is 130 Å². The Balaban J connectivity index is 1.96. The fourth-order valence-corrected chi connectivity index (χ4v) is 4.13. The molecule has 106 valence electrons. The van der Waals surface area contributed by atoms with Crippen molar-refractivity contribution in [3.8, 4) is 16.5 Å². The molecule has 0 aliphatic carbocycles. The SMILES string of the molecule is COc1ccc2c(c1)C[C@@H]([Se]C#N)[C@H](c1ccccc1)O2. The first-order valence-electron chi connectivity index (χ1n) is 6.75. The maximum absolute atomic E-state index is 9.13. The van der Waals surface area contributed by atoms with Gasteiger partial charge in [0.15, 0.2) is 0 Å². The molecule has 21 heavy (non-hydrogen) atoms. The van der Waals surface area contributed by atoms with Crippen LogP contribution in [0, 0.1) is 10.2 Å². The molecule has 0 N–H and O–H groups in total. The fourth-order valence-electron chi connectivity index (χ4n) is 2.59. The Kier molecular flexibility index (Phi) is 4.15. The molecule has 3 rings (SSSR count). The molecule has 2 atom stereocenters. The van der Waals surface area contributed by atoms with E-state index in [2.05, 4.69) is 17.1 Å². The quantitative estimate of drug-likeness (QED) is 0.802. The van der Waals surface area contributed by atoms with Crippen LogP contribution in [0.1, 0.15) is 17.2 Å². The van der Waals surface area contributed by atoms with Crippen LogP contribution in [0.15, 0.2) is 48.5 Å². The van der Waals surface area contributed by atoms with E-state index < -0.39 is 0 Å². The molecule has 1 aliphatic heterocycles. The zero-order valence-electron chi connectivity index (χ0n) is 11.7. The van der Waals surface area contributed by atoms with E-state index in [1.807, 2.05) is 36.4 Å². The molecule has 0 saturated heterocycles. The Labute approximate surface area is 130 Å². The molecule has 0 aromatic heterocycles. The van der Waals surface area contributed by atoms with Gasteiger partial charge in [-0.1, -0.05) is 0 Å².